The lowest BCUT2D eigenvalue weighted by atomic mass is 10.2. The molecule has 1 amide bonds. The number of carbonyl (C=O) groups is 1. The summed E-state index contributed by atoms with van der Waals surface area (Å²) in [5.41, 5.74) is 6.51. The van der Waals surface area contributed by atoms with E-state index >= 15 is 0 Å². The lowest BCUT2D eigenvalue weighted by molar-refractivity contribution is -0.117. The van der Waals surface area contributed by atoms with Crippen LogP contribution >= 0.6 is 0 Å². The number of hydrogen-bond acceptors (Lipinski definition) is 4. The summed E-state index contributed by atoms with van der Waals surface area (Å²) in [4.78, 5) is 11.3. The molecular weight excluding hydrogens is 242 g/mol. The molecule has 17 heavy (non-hydrogen) atoms. The highest BCUT2D eigenvalue weighted by Gasteiger charge is 2.08. The largest absolute Gasteiger partial charge is 0.325 e. The van der Waals surface area contributed by atoms with Crippen LogP contribution in [0.2, 0.25) is 0 Å². The molecule has 1 aromatic rings. The van der Waals surface area contributed by atoms with Gasteiger partial charge in [-0.25, -0.2) is 13.6 Å². The van der Waals surface area contributed by atoms with E-state index in [1.54, 1.807) is 31.2 Å². The number of amides is 1. The molecule has 5 N–H and O–H groups in total. The third kappa shape index (κ3) is 4.94. The Kier molecular flexibility index (Phi) is 4.22. The van der Waals surface area contributed by atoms with Crippen molar-refractivity contribution in [2.24, 2.45) is 10.9 Å². The maximum atomic E-state index is 11.3. The molecule has 0 aliphatic heterocycles. The highest BCUT2D eigenvalue weighted by atomic mass is 32.2. The molecule has 0 aromatic heterocycles. The van der Waals surface area contributed by atoms with Crippen LogP contribution in [-0.2, 0) is 20.6 Å². The number of nitrogens with one attached hydrogen (secondary N) is 1. The molecule has 0 aliphatic rings. The molecule has 0 radical (unpaired) electrons. The number of sulfonamides is 1. The second-order valence-corrected chi connectivity index (χ2v) is 5.40. The summed E-state index contributed by atoms with van der Waals surface area (Å²) < 4.78 is 21.7. The summed E-state index contributed by atoms with van der Waals surface area (Å²) in [7, 11) is -3.53. The molecule has 1 aromatic carbocycles. The lowest BCUT2D eigenvalue weighted by Crippen LogP contribution is -2.32. The molecular formula is C10H15N3O3S. The van der Waals surface area contributed by atoms with E-state index in [1.807, 2.05) is 0 Å². The highest BCUT2D eigenvalue weighted by Crippen LogP contribution is 2.11. The van der Waals surface area contributed by atoms with Crippen molar-refractivity contribution in [3.63, 3.8) is 0 Å². The van der Waals surface area contributed by atoms with Crippen molar-refractivity contribution in [2.45, 2.75) is 18.7 Å². The third-order valence-corrected chi connectivity index (χ3v) is 2.74. The van der Waals surface area contributed by atoms with Crippen LogP contribution in [0.15, 0.2) is 24.3 Å². The van der Waals surface area contributed by atoms with Gasteiger partial charge < -0.3 is 11.1 Å². The fraction of sp³-hybridized carbons (Fsp3) is 0.300. The Hall–Kier alpha value is -1.44. The van der Waals surface area contributed by atoms with Gasteiger partial charge in [0.05, 0.1) is 11.8 Å². The number of rotatable bonds is 4. The van der Waals surface area contributed by atoms with Crippen molar-refractivity contribution < 1.29 is 13.2 Å². The Morgan fingerprint density at radius 3 is 2.29 bits per heavy atom. The first-order valence-corrected chi connectivity index (χ1v) is 6.65. The van der Waals surface area contributed by atoms with Gasteiger partial charge in [-0.15, -0.1) is 0 Å². The second kappa shape index (κ2) is 5.26. The summed E-state index contributed by atoms with van der Waals surface area (Å²) in [6.45, 7) is 1.57. The minimum Gasteiger partial charge on any atom is -0.325 e. The van der Waals surface area contributed by atoms with Gasteiger partial charge in [-0.2, -0.15) is 0 Å². The Bertz CT molecular complexity index is 494. The van der Waals surface area contributed by atoms with E-state index in [9.17, 15) is 13.2 Å². The predicted molar refractivity (Wildman–Crippen MR) is 65.5 cm³/mol. The zero-order valence-electron chi connectivity index (χ0n) is 9.38. The first-order valence-electron chi connectivity index (χ1n) is 4.94. The van der Waals surface area contributed by atoms with Crippen molar-refractivity contribution in [1.82, 2.24) is 0 Å². The Morgan fingerprint density at radius 1 is 1.35 bits per heavy atom. The number of hydrogen-bond donors (Lipinski definition) is 3. The van der Waals surface area contributed by atoms with E-state index in [0.717, 1.165) is 0 Å². The minimum absolute atomic E-state index is 0.228. The first-order chi connectivity index (χ1) is 7.78. The van der Waals surface area contributed by atoms with Crippen molar-refractivity contribution in [3.8, 4) is 0 Å². The molecule has 7 heteroatoms. The number of carbonyl (C=O) groups excluding carboxylic acids is 1. The van der Waals surface area contributed by atoms with Gasteiger partial charge in [-0.05, 0) is 24.6 Å². The lowest BCUT2D eigenvalue weighted by Gasteiger charge is -2.08. The van der Waals surface area contributed by atoms with E-state index in [2.05, 4.69) is 5.32 Å². The molecule has 0 spiro atoms. The quantitative estimate of drug-likeness (QED) is 0.690. The van der Waals surface area contributed by atoms with Gasteiger partial charge in [0, 0.05) is 5.69 Å². The average Bonchev–Trinajstić information content (AvgIpc) is 2.18. The van der Waals surface area contributed by atoms with Crippen LogP contribution in [0.1, 0.15) is 12.5 Å². The van der Waals surface area contributed by atoms with E-state index in [1.165, 1.54) is 0 Å². The monoisotopic (exact) mass is 257 g/mol. The Morgan fingerprint density at radius 2 is 1.88 bits per heavy atom. The standard InChI is InChI=1S/C10H15N3O3S/c1-7(11)10(14)13-9-4-2-8(3-5-9)6-17(12,15)16/h2-5,7H,6,11H2,1H3,(H,13,14)(H2,12,15,16). The molecule has 6 nitrogen and oxygen atoms in total. The summed E-state index contributed by atoms with van der Waals surface area (Å²) in [6.07, 6.45) is 0. The molecule has 94 valence electrons. The van der Waals surface area contributed by atoms with Crippen LogP contribution in [-0.4, -0.2) is 20.4 Å². The van der Waals surface area contributed by atoms with Crippen molar-refractivity contribution in [3.05, 3.63) is 29.8 Å². The van der Waals surface area contributed by atoms with Gasteiger partial charge in [0.1, 0.15) is 0 Å². The fourth-order valence-corrected chi connectivity index (χ4v) is 1.83. The number of anilines is 1. The summed E-state index contributed by atoms with van der Waals surface area (Å²) in [6, 6.07) is 5.77. The molecule has 0 bridgehead atoms. The summed E-state index contributed by atoms with van der Waals surface area (Å²) in [5.74, 6) is -0.529. The Labute approximate surface area is 100 Å². The minimum atomic E-state index is -3.53. The smallest absolute Gasteiger partial charge is 0.240 e. The van der Waals surface area contributed by atoms with E-state index in [-0.39, 0.29) is 11.7 Å². The van der Waals surface area contributed by atoms with E-state index in [4.69, 9.17) is 10.9 Å². The van der Waals surface area contributed by atoms with Crippen LogP contribution in [0.5, 0.6) is 0 Å². The normalized spacial score (nSPS) is 13.1. The van der Waals surface area contributed by atoms with Crippen LogP contribution < -0.4 is 16.2 Å². The molecule has 1 atom stereocenters. The highest BCUT2D eigenvalue weighted by molar-refractivity contribution is 7.88. The van der Waals surface area contributed by atoms with Crippen molar-refractivity contribution >= 4 is 21.6 Å². The maximum absolute atomic E-state index is 11.3. The van der Waals surface area contributed by atoms with Gasteiger partial charge in [-0.3, -0.25) is 4.79 Å². The zero-order valence-corrected chi connectivity index (χ0v) is 10.2. The van der Waals surface area contributed by atoms with Gasteiger partial charge in [-0.1, -0.05) is 12.1 Å². The van der Waals surface area contributed by atoms with Crippen LogP contribution in [0, 0.1) is 0 Å². The van der Waals surface area contributed by atoms with Crippen LogP contribution in [0.4, 0.5) is 5.69 Å². The fourth-order valence-electron chi connectivity index (χ4n) is 1.17. The van der Waals surface area contributed by atoms with E-state index in [0.29, 0.717) is 11.3 Å². The number of nitrogens with two attached hydrogens (primary N) is 2. The van der Waals surface area contributed by atoms with Crippen molar-refractivity contribution in [1.29, 1.82) is 0 Å². The van der Waals surface area contributed by atoms with Crippen LogP contribution in [0.3, 0.4) is 0 Å². The maximum Gasteiger partial charge on any atom is 0.240 e. The molecule has 0 aliphatic carbocycles. The van der Waals surface area contributed by atoms with Gasteiger partial charge in [0.2, 0.25) is 15.9 Å². The SMILES string of the molecule is CC(N)C(=O)Nc1ccc(CS(N)(=O)=O)cc1. The molecule has 0 saturated heterocycles. The number of primary sulfonamides is 1. The average molecular weight is 257 g/mol. The van der Waals surface area contributed by atoms with Crippen LogP contribution in [0.25, 0.3) is 0 Å². The molecule has 1 unspecified atom stereocenters. The van der Waals surface area contributed by atoms with Gasteiger partial charge in [0.25, 0.3) is 0 Å². The molecule has 0 heterocycles. The summed E-state index contributed by atoms with van der Waals surface area (Å²) >= 11 is 0. The molecule has 1 rings (SSSR count). The first kappa shape index (κ1) is 13.6. The second-order valence-electron chi connectivity index (χ2n) is 3.78. The Balaban J connectivity index is 2.72. The van der Waals surface area contributed by atoms with E-state index < -0.39 is 16.1 Å². The van der Waals surface area contributed by atoms with Gasteiger partial charge in [0.15, 0.2) is 0 Å². The topological polar surface area (TPSA) is 115 Å². The molecule has 0 saturated carbocycles. The number of benzene rings is 1. The zero-order chi connectivity index (χ0) is 13.1. The van der Waals surface area contributed by atoms with Crippen molar-refractivity contribution in [2.75, 3.05) is 5.32 Å². The molecule has 0 fully saturated rings. The summed E-state index contributed by atoms with van der Waals surface area (Å²) in [5, 5.41) is 7.50. The predicted octanol–water partition coefficient (Wildman–Crippen LogP) is -0.239. The van der Waals surface area contributed by atoms with Gasteiger partial charge >= 0.3 is 0 Å². The third-order valence-electron chi connectivity index (χ3n) is 2.00.